The smallest absolute Gasteiger partial charge is 0.416 e. The Balaban J connectivity index is 2.51. The Kier molecular flexibility index (Phi) is 3.23. The van der Waals surface area contributed by atoms with Crippen LogP contribution in [0.4, 0.5) is 13.2 Å². The first-order valence-electron chi connectivity index (χ1n) is 5.41. The van der Waals surface area contributed by atoms with Crippen LogP contribution in [0, 0.1) is 0 Å². The molecule has 1 aromatic rings. The van der Waals surface area contributed by atoms with Crippen molar-refractivity contribution in [2.75, 3.05) is 7.05 Å². The molecule has 0 spiro atoms. The van der Waals surface area contributed by atoms with E-state index in [1.54, 1.807) is 13.2 Å². The van der Waals surface area contributed by atoms with E-state index in [4.69, 9.17) is 5.11 Å². The number of carbonyl (C=O) groups is 1. The van der Waals surface area contributed by atoms with Gasteiger partial charge in [-0.05, 0) is 29.8 Å². The fraction of sp³-hybridized carbons (Fsp3) is 0.250. The number of hydrogen-bond acceptors (Lipinski definition) is 3. The normalized spacial score (nSPS) is 18.9. The van der Waals surface area contributed by atoms with E-state index in [9.17, 15) is 18.0 Å². The second-order valence-electron chi connectivity index (χ2n) is 4.16. The van der Waals surface area contributed by atoms with Crippen molar-refractivity contribution in [1.29, 1.82) is 0 Å². The average Bonchev–Trinajstić information content (AvgIpc) is 2.73. The molecule has 1 aliphatic heterocycles. The van der Waals surface area contributed by atoms with Crippen molar-refractivity contribution in [2.24, 2.45) is 0 Å². The van der Waals surface area contributed by atoms with Crippen molar-refractivity contribution < 1.29 is 23.1 Å². The molecule has 2 rings (SSSR count). The Labute approximate surface area is 107 Å². The lowest BCUT2D eigenvalue weighted by molar-refractivity contribution is -0.138. The molecule has 2 N–H and O–H groups in total. The van der Waals surface area contributed by atoms with Crippen molar-refractivity contribution in [3.8, 4) is 0 Å². The zero-order chi connectivity index (χ0) is 14.2. The predicted molar refractivity (Wildman–Crippen MR) is 61.2 cm³/mol. The fourth-order valence-electron chi connectivity index (χ4n) is 1.91. The van der Waals surface area contributed by atoms with Crippen LogP contribution in [0.25, 0.3) is 0 Å². The second kappa shape index (κ2) is 4.58. The van der Waals surface area contributed by atoms with E-state index in [1.165, 1.54) is 11.1 Å². The third kappa shape index (κ3) is 2.70. The average molecular weight is 272 g/mol. The maximum absolute atomic E-state index is 12.9. The van der Waals surface area contributed by atoms with Crippen molar-refractivity contribution in [2.45, 2.75) is 12.2 Å². The van der Waals surface area contributed by atoms with E-state index in [0.717, 1.165) is 18.2 Å². The molecular formula is C12H11F3N2O2. The molecule has 7 heteroatoms. The third-order valence-electron chi connectivity index (χ3n) is 2.78. The van der Waals surface area contributed by atoms with Gasteiger partial charge in [0.15, 0.2) is 0 Å². The molecule has 4 nitrogen and oxygen atoms in total. The van der Waals surface area contributed by atoms with Crippen molar-refractivity contribution >= 4 is 5.97 Å². The highest BCUT2D eigenvalue weighted by Gasteiger charge is 2.36. The number of carboxylic acids is 1. The van der Waals surface area contributed by atoms with Crippen LogP contribution < -0.4 is 5.43 Å². The van der Waals surface area contributed by atoms with Crippen molar-refractivity contribution in [1.82, 2.24) is 10.4 Å². The predicted octanol–water partition coefficient (Wildman–Crippen LogP) is 2.41. The molecule has 1 heterocycles. The monoisotopic (exact) mass is 272 g/mol. The SMILES string of the molecule is CN1C=CC(c2cc(C(=O)O)ccc2C(F)(F)F)N1. The van der Waals surface area contributed by atoms with Gasteiger partial charge in [0.1, 0.15) is 0 Å². The number of carboxylic acid groups (broad SMARTS) is 1. The van der Waals surface area contributed by atoms with Gasteiger partial charge in [-0.2, -0.15) is 13.2 Å². The highest BCUT2D eigenvalue weighted by molar-refractivity contribution is 5.88. The summed E-state index contributed by atoms with van der Waals surface area (Å²) in [7, 11) is 1.64. The highest BCUT2D eigenvalue weighted by atomic mass is 19.4. The van der Waals surface area contributed by atoms with Gasteiger partial charge in [0, 0.05) is 13.2 Å². The molecule has 1 aliphatic rings. The third-order valence-corrected chi connectivity index (χ3v) is 2.78. The molecule has 0 aliphatic carbocycles. The summed E-state index contributed by atoms with van der Waals surface area (Å²) in [6.07, 6.45) is -1.41. The zero-order valence-electron chi connectivity index (χ0n) is 9.90. The molecule has 1 atom stereocenters. The molecule has 0 saturated heterocycles. The van der Waals surface area contributed by atoms with Gasteiger partial charge in [0.2, 0.25) is 0 Å². The molecule has 0 radical (unpaired) electrons. The van der Waals surface area contributed by atoms with Gasteiger partial charge in [-0.3, -0.25) is 0 Å². The first kappa shape index (κ1) is 13.4. The molecular weight excluding hydrogens is 261 g/mol. The number of nitrogens with zero attached hydrogens (tertiary/aromatic N) is 1. The molecule has 0 bridgehead atoms. The standard InChI is InChI=1S/C12H11F3N2O2/c1-17-5-4-10(16-17)8-6-7(11(18)19)2-3-9(8)12(13,14)15/h2-6,10,16H,1H3,(H,18,19). The minimum Gasteiger partial charge on any atom is -0.478 e. The minimum absolute atomic E-state index is 0.104. The first-order valence-corrected chi connectivity index (χ1v) is 5.41. The number of hydrogen-bond donors (Lipinski definition) is 2. The Hall–Kier alpha value is -2.02. The maximum atomic E-state index is 12.9. The summed E-state index contributed by atoms with van der Waals surface area (Å²) in [4.78, 5) is 10.9. The first-order chi connectivity index (χ1) is 8.79. The van der Waals surface area contributed by atoms with E-state index in [0.29, 0.717) is 0 Å². The van der Waals surface area contributed by atoms with Gasteiger partial charge in [0.05, 0.1) is 17.2 Å². The quantitative estimate of drug-likeness (QED) is 0.868. The van der Waals surface area contributed by atoms with Crippen LogP contribution in [0.2, 0.25) is 0 Å². The summed E-state index contributed by atoms with van der Waals surface area (Å²) in [6.45, 7) is 0. The van der Waals surface area contributed by atoms with Crippen LogP contribution in [0.3, 0.4) is 0 Å². The van der Waals surface area contributed by atoms with Gasteiger partial charge < -0.3 is 10.1 Å². The largest absolute Gasteiger partial charge is 0.478 e. The van der Waals surface area contributed by atoms with Crippen LogP contribution in [-0.4, -0.2) is 23.1 Å². The lowest BCUT2D eigenvalue weighted by Gasteiger charge is -2.20. The molecule has 0 aromatic heterocycles. The van der Waals surface area contributed by atoms with Gasteiger partial charge in [-0.15, -0.1) is 0 Å². The summed E-state index contributed by atoms with van der Waals surface area (Å²) in [5.41, 5.74) is 1.66. The van der Waals surface area contributed by atoms with Crippen molar-refractivity contribution in [3.63, 3.8) is 0 Å². The Bertz CT molecular complexity index is 540. The number of hydrazine groups is 1. The number of rotatable bonds is 2. The molecule has 102 valence electrons. The Morgan fingerprint density at radius 3 is 2.58 bits per heavy atom. The van der Waals surface area contributed by atoms with Crippen LogP contribution in [-0.2, 0) is 6.18 Å². The van der Waals surface area contributed by atoms with Gasteiger partial charge in [0.25, 0.3) is 0 Å². The van der Waals surface area contributed by atoms with Crippen LogP contribution in [0.1, 0.15) is 27.5 Å². The molecule has 0 saturated carbocycles. The molecule has 0 amide bonds. The summed E-state index contributed by atoms with van der Waals surface area (Å²) >= 11 is 0. The molecule has 1 unspecified atom stereocenters. The number of alkyl halides is 3. The van der Waals surface area contributed by atoms with Crippen LogP contribution in [0.15, 0.2) is 30.5 Å². The highest BCUT2D eigenvalue weighted by Crippen LogP contribution is 2.36. The second-order valence-corrected chi connectivity index (χ2v) is 4.16. The number of halogens is 3. The lowest BCUT2D eigenvalue weighted by atomic mass is 9.97. The fourth-order valence-corrected chi connectivity index (χ4v) is 1.91. The van der Waals surface area contributed by atoms with Gasteiger partial charge in [-0.25, -0.2) is 10.2 Å². The van der Waals surface area contributed by atoms with Crippen LogP contribution in [0.5, 0.6) is 0 Å². The van der Waals surface area contributed by atoms with Gasteiger partial charge >= 0.3 is 12.1 Å². The van der Waals surface area contributed by atoms with Gasteiger partial charge in [-0.1, -0.05) is 0 Å². The van der Waals surface area contributed by atoms with E-state index in [2.05, 4.69) is 5.43 Å². The summed E-state index contributed by atoms with van der Waals surface area (Å²) in [5, 5.41) is 10.4. The summed E-state index contributed by atoms with van der Waals surface area (Å²) in [5.74, 6) is -1.26. The van der Waals surface area contributed by atoms with E-state index >= 15 is 0 Å². The number of nitrogens with one attached hydrogen (secondary N) is 1. The molecule has 1 aromatic carbocycles. The summed E-state index contributed by atoms with van der Waals surface area (Å²) in [6, 6.07) is 2.11. The number of benzene rings is 1. The topological polar surface area (TPSA) is 52.6 Å². The lowest BCUT2D eigenvalue weighted by Crippen LogP contribution is -2.28. The Morgan fingerprint density at radius 1 is 1.42 bits per heavy atom. The molecule has 0 fully saturated rings. The Morgan fingerprint density at radius 2 is 2.11 bits per heavy atom. The van der Waals surface area contributed by atoms with Crippen molar-refractivity contribution in [3.05, 3.63) is 47.2 Å². The zero-order valence-corrected chi connectivity index (χ0v) is 9.90. The van der Waals surface area contributed by atoms with E-state index in [1.807, 2.05) is 0 Å². The summed E-state index contributed by atoms with van der Waals surface area (Å²) < 4.78 is 38.8. The maximum Gasteiger partial charge on any atom is 0.416 e. The van der Waals surface area contributed by atoms with E-state index < -0.39 is 23.8 Å². The van der Waals surface area contributed by atoms with Crippen LogP contribution >= 0.6 is 0 Å². The van der Waals surface area contributed by atoms with E-state index in [-0.39, 0.29) is 11.1 Å². The molecule has 19 heavy (non-hydrogen) atoms. The minimum atomic E-state index is -4.52. The number of aromatic carboxylic acids is 1.